The molecular weight excluding hydrogens is 368 g/mol. The van der Waals surface area contributed by atoms with Gasteiger partial charge >= 0.3 is 0 Å². The molecular formula is C24H46O5. The minimum absolute atomic E-state index is 0.156. The van der Waals surface area contributed by atoms with Gasteiger partial charge in [0.05, 0.1) is 13.2 Å². The molecule has 0 amide bonds. The summed E-state index contributed by atoms with van der Waals surface area (Å²) < 4.78 is 11.0. The van der Waals surface area contributed by atoms with Gasteiger partial charge in [-0.15, -0.1) is 0 Å². The van der Waals surface area contributed by atoms with Crippen molar-refractivity contribution in [2.24, 2.45) is 0 Å². The molecule has 0 saturated carbocycles. The van der Waals surface area contributed by atoms with Gasteiger partial charge in [0.25, 0.3) is 0 Å². The van der Waals surface area contributed by atoms with E-state index in [0.717, 1.165) is 12.8 Å². The Morgan fingerprint density at radius 2 is 1.41 bits per heavy atom. The average Bonchev–Trinajstić information content (AvgIpc) is 3.10. The summed E-state index contributed by atoms with van der Waals surface area (Å²) in [7, 11) is 0. The number of ether oxygens (including phenoxy) is 2. The normalized spacial score (nSPS) is 23.2. The van der Waals surface area contributed by atoms with Gasteiger partial charge in [0.15, 0.2) is 0 Å². The lowest BCUT2D eigenvalue weighted by Gasteiger charge is -2.23. The van der Waals surface area contributed by atoms with Crippen LogP contribution in [-0.4, -0.2) is 59.6 Å². The van der Waals surface area contributed by atoms with Crippen molar-refractivity contribution < 1.29 is 24.8 Å². The second-order valence-electron chi connectivity index (χ2n) is 8.40. The number of hydrogen-bond donors (Lipinski definition) is 3. The van der Waals surface area contributed by atoms with Crippen molar-refractivity contribution in [1.29, 1.82) is 0 Å². The third kappa shape index (κ3) is 12.7. The number of allylic oxidation sites excluding steroid dienone is 2. The fraction of sp³-hybridized carbons (Fsp3) is 0.917. The molecule has 0 radical (unpaired) electrons. The number of rotatable bonds is 19. The molecule has 0 bridgehead atoms. The van der Waals surface area contributed by atoms with Crippen LogP contribution in [0.3, 0.4) is 0 Å². The van der Waals surface area contributed by atoms with Gasteiger partial charge in [-0.25, -0.2) is 0 Å². The Kier molecular flexibility index (Phi) is 16.8. The zero-order valence-electron chi connectivity index (χ0n) is 18.6. The number of unbranched alkanes of at least 4 members (excludes halogenated alkanes) is 13. The van der Waals surface area contributed by atoms with Crippen LogP contribution < -0.4 is 0 Å². The van der Waals surface area contributed by atoms with Crippen LogP contribution in [0.5, 0.6) is 0 Å². The van der Waals surface area contributed by atoms with Gasteiger partial charge in [-0.2, -0.15) is 0 Å². The van der Waals surface area contributed by atoms with Gasteiger partial charge in [-0.05, 0) is 26.2 Å². The molecule has 0 aromatic rings. The Hall–Kier alpha value is -0.460. The predicted octanol–water partition coefficient (Wildman–Crippen LogP) is 4.52. The Balaban J connectivity index is 1.83. The third-order valence-corrected chi connectivity index (χ3v) is 5.79. The van der Waals surface area contributed by atoms with Crippen molar-refractivity contribution in [3.05, 3.63) is 12.2 Å². The van der Waals surface area contributed by atoms with E-state index in [0.29, 0.717) is 6.61 Å². The van der Waals surface area contributed by atoms with Gasteiger partial charge in [0.2, 0.25) is 0 Å². The molecule has 4 atom stereocenters. The molecule has 1 fully saturated rings. The summed E-state index contributed by atoms with van der Waals surface area (Å²) in [6, 6.07) is 0. The number of hydrogen-bond acceptors (Lipinski definition) is 5. The van der Waals surface area contributed by atoms with E-state index in [1.807, 2.05) is 0 Å². The first kappa shape index (κ1) is 26.6. The topological polar surface area (TPSA) is 79.2 Å². The molecule has 1 aliphatic heterocycles. The molecule has 1 saturated heterocycles. The largest absolute Gasteiger partial charge is 0.394 e. The summed E-state index contributed by atoms with van der Waals surface area (Å²) in [4.78, 5) is 0. The lowest BCUT2D eigenvalue weighted by molar-refractivity contribution is -0.0938. The lowest BCUT2D eigenvalue weighted by Crippen LogP contribution is -2.42. The van der Waals surface area contributed by atoms with E-state index in [1.54, 1.807) is 0 Å². The Bertz CT molecular complexity index is 387. The highest BCUT2D eigenvalue weighted by molar-refractivity contribution is 4.89. The number of aliphatic hydroxyl groups excluding tert-OH is 3. The summed E-state index contributed by atoms with van der Waals surface area (Å²) in [6.45, 7) is 2.43. The predicted molar refractivity (Wildman–Crippen MR) is 118 cm³/mol. The molecule has 0 unspecified atom stereocenters. The van der Waals surface area contributed by atoms with Gasteiger partial charge in [0.1, 0.15) is 24.4 Å². The fourth-order valence-corrected chi connectivity index (χ4v) is 3.95. The van der Waals surface area contributed by atoms with Crippen LogP contribution in [-0.2, 0) is 9.47 Å². The van der Waals surface area contributed by atoms with Crippen molar-refractivity contribution in [3.8, 4) is 0 Å². The van der Waals surface area contributed by atoms with Gasteiger partial charge < -0.3 is 24.8 Å². The van der Waals surface area contributed by atoms with Gasteiger partial charge in [-0.1, -0.05) is 82.8 Å². The molecule has 5 heteroatoms. The smallest absolute Gasteiger partial charge is 0.114 e. The highest BCUT2D eigenvalue weighted by Crippen LogP contribution is 2.21. The fourth-order valence-electron chi connectivity index (χ4n) is 3.95. The molecule has 0 aromatic carbocycles. The first-order chi connectivity index (χ1) is 14.2. The van der Waals surface area contributed by atoms with Crippen molar-refractivity contribution in [1.82, 2.24) is 0 Å². The highest BCUT2D eigenvalue weighted by atomic mass is 16.6. The van der Waals surface area contributed by atoms with E-state index in [2.05, 4.69) is 19.1 Å². The van der Waals surface area contributed by atoms with E-state index in [1.165, 1.54) is 77.0 Å². The third-order valence-electron chi connectivity index (χ3n) is 5.79. The van der Waals surface area contributed by atoms with Crippen LogP contribution in [0.2, 0.25) is 0 Å². The second kappa shape index (κ2) is 18.3. The van der Waals surface area contributed by atoms with Crippen molar-refractivity contribution in [2.45, 2.75) is 121 Å². The quantitative estimate of drug-likeness (QED) is 0.214. The Labute approximate surface area is 178 Å². The second-order valence-corrected chi connectivity index (χ2v) is 8.40. The maximum atomic E-state index is 9.89. The maximum Gasteiger partial charge on any atom is 0.114 e. The molecule has 3 N–H and O–H groups in total. The van der Waals surface area contributed by atoms with E-state index in [9.17, 15) is 10.2 Å². The molecule has 1 heterocycles. The molecule has 0 aliphatic carbocycles. The first-order valence-corrected chi connectivity index (χ1v) is 12.0. The first-order valence-electron chi connectivity index (χ1n) is 12.0. The monoisotopic (exact) mass is 414 g/mol. The standard InChI is InChI=1S/C24H46O5/c1-2-3-4-5-6-7-8-9-10-11-12-13-14-15-16-17-18-28-24-22(27)20-29-23(24)21(26)19-25/h2-3,21-27H,4-20H2,1H3/b3-2+/t21-,22+,23-,24-/m0/s1. The van der Waals surface area contributed by atoms with Crippen molar-refractivity contribution in [2.75, 3.05) is 19.8 Å². The molecule has 0 spiro atoms. The van der Waals surface area contributed by atoms with Crippen LogP contribution in [0.4, 0.5) is 0 Å². The molecule has 0 aromatic heterocycles. The average molecular weight is 415 g/mol. The van der Waals surface area contributed by atoms with Crippen LogP contribution in [0, 0.1) is 0 Å². The lowest BCUT2D eigenvalue weighted by atomic mass is 10.0. The van der Waals surface area contributed by atoms with E-state index >= 15 is 0 Å². The van der Waals surface area contributed by atoms with E-state index in [-0.39, 0.29) is 13.2 Å². The van der Waals surface area contributed by atoms with E-state index < -0.39 is 24.4 Å². The van der Waals surface area contributed by atoms with Gasteiger partial charge in [-0.3, -0.25) is 0 Å². The summed E-state index contributed by atoms with van der Waals surface area (Å²) in [5.41, 5.74) is 0. The summed E-state index contributed by atoms with van der Waals surface area (Å²) in [5, 5.41) is 28.7. The zero-order chi connectivity index (χ0) is 21.2. The molecule has 5 nitrogen and oxygen atoms in total. The number of aliphatic hydroxyl groups is 3. The molecule has 172 valence electrons. The van der Waals surface area contributed by atoms with E-state index in [4.69, 9.17) is 14.6 Å². The summed E-state index contributed by atoms with van der Waals surface area (Å²) in [6.07, 6.45) is 19.7. The summed E-state index contributed by atoms with van der Waals surface area (Å²) >= 11 is 0. The Morgan fingerprint density at radius 3 is 1.93 bits per heavy atom. The maximum absolute atomic E-state index is 9.89. The Morgan fingerprint density at radius 1 is 0.897 bits per heavy atom. The minimum atomic E-state index is -1.000. The summed E-state index contributed by atoms with van der Waals surface area (Å²) in [5.74, 6) is 0. The van der Waals surface area contributed by atoms with Gasteiger partial charge in [0, 0.05) is 6.61 Å². The highest BCUT2D eigenvalue weighted by Gasteiger charge is 2.40. The van der Waals surface area contributed by atoms with Crippen molar-refractivity contribution in [3.63, 3.8) is 0 Å². The zero-order valence-corrected chi connectivity index (χ0v) is 18.6. The van der Waals surface area contributed by atoms with Crippen LogP contribution in [0.25, 0.3) is 0 Å². The molecule has 29 heavy (non-hydrogen) atoms. The SMILES string of the molecule is C/C=C/CCCCCCCCCCCCCCCO[C@@H]1[C@H]([C@@H](O)CO)OC[C@H]1O. The van der Waals surface area contributed by atoms with Crippen LogP contribution in [0.1, 0.15) is 96.8 Å². The van der Waals surface area contributed by atoms with Crippen LogP contribution in [0.15, 0.2) is 12.2 Å². The molecule has 1 aliphatic rings. The van der Waals surface area contributed by atoms with Crippen LogP contribution >= 0.6 is 0 Å². The minimum Gasteiger partial charge on any atom is -0.394 e. The molecule has 1 rings (SSSR count). The van der Waals surface area contributed by atoms with Crippen molar-refractivity contribution >= 4 is 0 Å².